The van der Waals surface area contributed by atoms with Gasteiger partial charge in [-0.25, -0.2) is 0 Å². The third-order valence-corrected chi connectivity index (χ3v) is 1.53. The van der Waals surface area contributed by atoms with E-state index in [-0.39, 0.29) is 7.03 Å². The first-order valence-corrected chi connectivity index (χ1v) is 5.06. The number of nitrogens with one attached hydrogen (secondary N) is 1. The Bertz CT molecular complexity index is 166. The van der Waals surface area contributed by atoms with Crippen molar-refractivity contribution in [1.82, 2.24) is 5.32 Å². The SMILES string of the molecule is C=C(NCCCCOC)OC(C)(C)C.[HH]. The van der Waals surface area contributed by atoms with E-state index in [4.69, 9.17) is 9.47 Å². The predicted molar refractivity (Wildman–Crippen MR) is 61.2 cm³/mol. The first kappa shape index (κ1) is 13.3. The van der Waals surface area contributed by atoms with Crippen LogP contribution in [-0.2, 0) is 9.47 Å². The molecule has 0 amide bonds. The molecule has 0 radical (unpaired) electrons. The fraction of sp³-hybridized carbons (Fsp3) is 0.818. The molecule has 0 aliphatic carbocycles. The van der Waals surface area contributed by atoms with E-state index in [0.717, 1.165) is 26.0 Å². The summed E-state index contributed by atoms with van der Waals surface area (Å²) >= 11 is 0. The average Bonchev–Trinajstić information content (AvgIpc) is 2.00. The molecule has 86 valence electrons. The molecule has 3 nitrogen and oxygen atoms in total. The molecule has 14 heavy (non-hydrogen) atoms. The Balaban J connectivity index is 0. The van der Waals surface area contributed by atoms with Crippen LogP contribution in [0.25, 0.3) is 0 Å². The van der Waals surface area contributed by atoms with Crippen molar-refractivity contribution in [3.8, 4) is 0 Å². The van der Waals surface area contributed by atoms with Crippen LogP contribution in [0.4, 0.5) is 0 Å². The van der Waals surface area contributed by atoms with Crippen molar-refractivity contribution in [3.05, 3.63) is 12.5 Å². The second-order valence-electron chi connectivity index (χ2n) is 4.26. The maximum Gasteiger partial charge on any atom is 0.179 e. The highest BCUT2D eigenvalue weighted by atomic mass is 16.5. The normalized spacial score (nSPS) is 11.1. The van der Waals surface area contributed by atoms with Gasteiger partial charge in [-0.05, 0) is 40.2 Å². The fourth-order valence-corrected chi connectivity index (χ4v) is 1.00. The highest BCUT2D eigenvalue weighted by Crippen LogP contribution is 2.10. The van der Waals surface area contributed by atoms with Gasteiger partial charge in [0.05, 0.1) is 0 Å². The maximum atomic E-state index is 5.51. The van der Waals surface area contributed by atoms with Gasteiger partial charge in [-0.1, -0.05) is 0 Å². The first-order chi connectivity index (χ1) is 6.45. The first-order valence-electron chi connectivity index (χ1n) is 5.06. The van der Waals surface area contributed by atoms with Crippen LogP contribution in [0.5, 0.6) is 0 Å². The molecule has 0 aromatic rings. The number of unbranched alkanes of at least 4 members (excludes halogenated alkanes) is 1. The van der Waals surface area contributed by atoms with E-state index < -0.39 is 0 Å². The Hall–Kier alpha value is -0.700. The van der Waals surface area contributed by atoms with Gasteiger partial charge in [-0.2, -0.15) is 0 Å². The molecular weight excluding hydrogens is 178 g/mol. The molecule has 3 heteroatoms. The number of ether oxygens (including phenoxy) is 2. The third-order valence-electron chi connectivity index (χ3n) is 1.53. The van der Waals surface area contributed by atoms with Gasteiger partial charge >= 0.3 is 0 Å². The van der Waals surface area contributed by atoms with Gasteiger partial charge in [0, 0.05) is 21.7 Å². The molecule has 0 aliphatic rings. The summed E-state index contributed by atoms with van der Waals surface area (Å²) in [5.74, 6) is 0.648. The molecule has 0 fully saturated rings. The zero-order chi connectivity index (χ0) is 11.0. The van der Waals surface area contributed by atoms with E-state index in [9.17, 15) is 0 Å². The van der Waals surface area contributed by atoms with Crippen LogP contribution in [0.2, 0.25) is 0 Å². The van der Waals surface area contributed by atoms with Crippen molar-refractivity contribution in [2.24, 2.45) is 0 Å². The maximum absolute atomic E-state index is 5.51. The Labute approximate surface area is 89.0 Å². The number of methoxy groups -OCH3 is 1. The molecule has 0 bridgehead atoms. The Morgan fingerprint density at radius 1 is 1.36 bits per heavy atom. The lowest BCUT2D eigenvalue weighted by molar-refractivity contribution is 0.0414. The molecule has 0 aromatic carbocycles. The summed E-state index contributed by atoms with van der Waals surface area (Å²) < 4.78 is 10.5. The van der Waals surface area contributed by atoms with Crippen molar-refractivity contribution in [3.63, 3.8) is 0 Å². The van der Waals surface area contributed by atoms with Crippen LogP contribution in [0.15, 0.2) is 12.5 Å². The Morgan fingerprint density at radius 2 is 2.00 bits per heavy atom. The summed E-state index contributed by atoms with van der Waals surface area (Å²) in [6.45, 7) is 11.5. The van der Waals surface area contributed by atoms with Crippen LogP contribution < -0.4 is 5.32 Å². The summed E-state index contributed by atoms with van der Waals surface area (Å²) in [6, 6.07) is 0. The molecule has 0 rings (SSSR count). The summed E-state index contributed by atoms with van der Waals surface area (Å²) in [6.07, 6.45) is 2.13. The molecule has 0 heterocycles. The standard InChI is InChI=1S/C11H23NO2.H2/c1-10(14-11(2,3)4)12-8-6-7-9-13-5;/h12H,1,6-9H2,2-5H3;1H. The smallest absolute Gasteiger partial charge is 0.179 e. The van der Waals surface area contributed by atoms with Gasteiger partial charge in [0.25, 0.3) is 0 Å². The minimum atomic E-state index is -0.170. The van der Waals surface area contributed by atoms with Crippen molar-refractivity contribution >= 4 is 0 Å². The largest absolute Gasteiger partial charge is 0.474 e. The minimum Gasteiger partial charge on any atom is -0.474 e. The van der Waals surface area contributed by atoms with Crippen molar-refractivity contribution in [1.29, 1.82) is 0 Å². The second-order valence-corrected chi connectivity index (χ2v) is 4.26. The molecule has 1 N–H and O–H groups in total. The minimum absolute atomic E-state index is 0. The lowest BCUT2D eigenvalue weighted by Gasteiger charge is -2.23. The molecule has 0 aliphatic heterocycles. The molecule has 0 atom stereocenters. The van der Waals surface area contributed by atoms with E-state index >= 15 is 0 Å². The quantitative estimate of drug-likeness (QED) is 0.509. The van der Waals surface area contributed by atoms with Gasteiger partial charge in [0.15, 0.2) is 5.88 Å². The van der Waals surface area contributed by atoms with Gasteiger partial charge in [0.2, 0.25) is 0 Å². The van der Waals surface area contributed by atoms with E-state index in [1.54, 1.807) is 7.11 Å². The highest BCUT2D eigenvalue weighted by Gasteiger charge is 2.11. The zero-order valence-corrected chi connectivity index (χ0v) is 9.85. The van der Waals surface area contributed by atoms with Gasteiger partial charge < -0.3 is 14.8 Å². The van der Waals surface area contributed by atoms with Crippen LogP contribution in [-0.4, -0.2) is 25.9 Å². The van der Waals surface area contributed by atoms with Crippen LogP contribution in [0.1, 0.15) is 35.0 Å². The summed E-state index contributed by atoms with van der Waals surface area (Å²) in [7, 11) is 1.72. The van der Waals surface area contributed by atoms with E-state index in [1.807, 2.05) is 20.8 Å². The zero-order valence-electron chi connectivity index (χ0n) is 9.85. The number of rotatable bonds is 7. The van der Waals surface area contributed by atoms with Gasteiger partial charge in [0.1, 0.15) is 5.60 Å². The van der Waals surface area contributed by atoms with E-state index in [2.05, 4.69) is 11.9 Å². The highest BCUT2D eigenvalue weighted by molar-refractivity contribution is 4.82. The monoisotopic (exact) mass is 203 g/mol. The summed E-state index contributed by atoms with van der Waals surface area (Å²) in [5.41, 5.74) is -0.170. The molecule has 0 unspecified atom stereocenters. The lowest BCUT2D eigenvalue weighted by atomic mass is 10.2. The average molecular weight is 203 g/mol. The van der Waals surface area contributed by atoms with Crippen LogP contribution in [0, 0.1) is 0 Å². The van der Waals surface area contributed by atoms with Crippen LogP contribution >= 0.6 is 0 Å². The van der Waals surface area contributed by atoms with Crippen molar-refractivity contribution in [2.45, 2.75) is 39.2 Å². The number of hydrogen-bond donors (Lipinski definition) is 1. The van der Waals surface area contributed by atoms with E-state index in [0.29, 0.717) is 5.88 Å². The molecular formula is C11H25NO2. The van der Waals surface area contributed by atoms with E-state index in [1.165, 1.54) is 0 Å². The summed E-state index contributed by atoms with van der Waals surface area (Å²) in [5, 5.41) is 3.13. The number of hydrogen-bond acceptors (Lipinski definition) is 3. The van der Waals surface area contributed by atoms with Crippen LogP contribution in [0.3, 0.4) is 0 Å². The predicted octanol–water partition coefficient (Wildman–Crippen LogP) is 2.53. The Kier molecular flexibility index (Phi) is 6.37. The van der Waals surface area contributed by atoms with Crippen molar-refractivity contribution < 1.29 is 10.9 Å². The molecule has 0 aromatic heterocycles. The van der Waals surface area contributed by atoms with Gasteiger partial charge in [-0.3, -0.25) is 0 Å². The Morgan fingerprint density at radius 3 is 2.50 bits per heavy atom. The topological polar surface area (TPSA) is 30.5 Å². The second kappa shape index (κ2) is 6.71. The van der Waals surface area contributed by atoms with Gasteiger partial charge in [-0.15, -0.1) is 0 Å². The lowest BCUT2D eigenvalue weighted by Crippen LogP contribution is -2.25. The summed E-state index contributed by atoms with van der Waals surface area (Å²) in [4.78, 5) is 0. The fourth-order valence-electron chi connectivity index (χ4n) is 1.00. The molecule has 0 saturated carbocycles. The molecule has 0 saturated heterocycles. The van der Waals surface area contributed by atoms with Crippen molar-refractivity contribution in [2.75, 3.05) is 20.3 Å². The molecule has 0 spiro atoms. The third kappa shape index (κ3) is 9.39.